The lowest BCUT2D eigenvalue weighted by molar-refractivity contribution is -0.148. The Kier molecular flexibility index (Phi) is 3.89. The maximum Gasteiger partial charge on any atom is 0.329 e. The highest BCUT2D eigenvalue weighted by Gasteiger charge is 2.42. The third-order valence-electron chi connectivity index (χ3n) is 3.31. The molecule has 0 radical (unpaired) electrons. The molecular weight excluding hydrogens is 269 g/mol. The van der Waals surface area contributed by atoms with Crippen LogP contribution < -0.4 is 5.32 Å². The van der Waals surface area contributed by atoms with Crippen LogP contribution in [0.2, 0.25) is 0 Å². The highest BCUT2D eigenvalue weighted by molar-refractivity contribution is 5.99. The number of phenols is 1. The number of carboxylic acids is 1. The van der Waals surface area contributed by atoms with E-state index >= 15 is 0 Å². The van der Waals surface area contributed by atoms with Crippen molar-refractivity contribution in [1.29, 1.82) is 0 Å². The lowest BCUT2D eigenvalue weighted by Crippen LogP contribution is -2.57. The molecule has 1 aliphatic rings. The van der Waals surface area contributed by atoms with Crippen molar-refractivity contribution >= 4 is 11.9 Å². The number of amides is 1. The molecule has 1 aromatic rings. The summed E-state index contributed by atoms with van der Waals surface area (Å²) < 4.78 is 18.2. The van der Waals surface area contributed by atoms with Gasteiger partial charge < -0.3 is 20.3 Å². The van der Waals surface area contributed by atoms with Gasteiger partial charge in [0.25, 0.3) is 5.91 Å². The summed E-state index contributed by atoms with van der Waals surface area (Å²) >= 11 is 0. The van der Waals surface area contributed by atoms with Gasteiger partial charge in [0.1, 0.15) is 17.1 Å². The average Bonchev–Trinajstić information content (AvgIpc) is 2.42. The number of aromatic hydroxyl groups is 1. The zero-order valence-corrected chi connectivity index (χ0v) is 10.6. The Hall–Kier alpha value is -2.15. The van der Waals surface area contributed by atoms with Gasteiger partial charge >= 0.3 is 5.97 Å². The molecule has 7 heteroatoms. The lowest BCUT2D eigenvalue weighted by atomic mass is 9.89. The molecule has 1 saturated heterocycles. The van der Waals surface area contributed by atoms with Gasteiger partial charge in [0.05, 0.1) is 5.56 Å². The summed E-state index contributed by atoms with van der Waals surface area (Å²) in [5.74, 6) is -3.10. The van der Waals surface area contributed by atoms with E-state index in [-0.39, 0.29) is 31.6 Å². The molecule has 3 N–H and O–H groups in total. The molecule has 6 nitrogen and oxygen atoms in total. The number of phenolic OH excluding ortho intramolecular Hbond substituents is 1. The van der Waals surface area contributed by atoms with Crippen molar-refractivity contribution in [3.8, 4) is 5.75 Å². The Labute approximate surface area is 114 Å². The number of nitrogens with one attached hydrogen (secondary N) is 1. The quantitative estimate of drug-likeness (QED) is 0.765. The molecule has 1 fully saturated rings. The molecule has 2 rings (SSSR count). The second kappa shape index (κ2) is 5.46. The lowest BCUT2D eigenvalue weighted by Gasteiger charge is -2.33. The number of carbonyl (C=O) groups excluding carboxylic acids is 1. The first-order valence-electron chi connectivity index (χ1n) is 6.07. The van der Waals surface area contributed by atoms with Crippen LogP contribution in [0.25, 0.3) is 0 Å². The third-order valence-corrected chi connectivity index (χ3v) is 3.31. The van der Waals surface area contributed by atoms with Gasteiger partial charge in [-0.05, 0) is 18.2 Å². The molecule has 1 aliphatic heterocycles. The number of hydrogen-bond donors (Lipinski definition) is 3. The van der Waals surface area contributed by atoms with Gasteiger partial charge in [-0.3, -0.25) is 4.79 Å². The molecule has 0 saturated carbocycles. The topological polar surface area (TPSA) is 95.9 Å². The number of aliphatic carboxylic acids is 1. The zero-order chi connectivity index (χ0) is 14.8. The van der Waals surface area contributed by atoms with E-state index < -0.39 is 29.0 Å². The van der Waals surface area contributed by atoms with Gasteiger partial charge in [-0.2, -0.15) is 0 Å². The molecule has 0 aromatic heterocycles. The Morgan fingerprint density at radius 3 is 2.55 bits per heavy atom. The normalized spacial score (nSPS) is 17.4. The van der Waals surface area contributed by atoms with E-state index in [1.165, 1.54) is 0 Å². The minimum Gasteiger partial charge on any atom is -0.507 e. The first-order valence-corrected chi connectivity index (χ1v) is 6.07. The smallest absolute Gasteiger partial charge is 0.329 e. The van der Waals surface area contributed by atoms with Gasteiger partial charge in [0.15, 0.2) is 0 Å². The number of hydrogen-bond acceptors (Lipinski definition) is 4. The highest BCUT2D eigenvalue weighted by atomic mass is 19.1. The van der Waals surface area contributed by atoms with Crippen molar-refractivity contribution in [3.63, 3.8) is 0 Å². The number of carbonyl (C=O) groups is 2. The molecule has 1 amide bonds. The number of rotatable bonds is 3. The zero-order valence-electron chi connectivity index (χ0n) is 10.6. The van der Waals surface area contributed by atoms with Crippen LogP contribution >= 0.6 is 0 Å². The van der Waals surface area contributed by atoms with Crippen LogP contribution in [0.15, 0.2) is 18.2 Å². The molecule has 1 aromatic carbocycles. The fourth-order valence-electron chi connectivity index (χ4n) is 2.09. The van der Waals surface area contributed by atoms with Crippen molar-refractivity contribution in [1.82, 2.24) is 5.32 Å². The van der Waals surface area contributed by atoms with E-state index in [2.05, 4.69) is 5.32 Å². The van der Waals surface area contributed by atoms with Crippen molar-refractivity contribution in [2.24, 2.45) is 0 Å². The molecule has 0 unspecified atom stereocenters. The third kappa shape index (κ3) is 2.72. The Balaban J connectivity index is 2.24. The molecule has 0 spiro atoms. The second-order valence-corrected chi connectivity index (χ2v) is 4.62. The van der Waals surface area contributed by atoms with E-state index in [0.29, 0.717) is 0 Å². The standard InChI is InChI=1S/C13H14FNO5/c14-8-1-2-10(16)9(7-8)11(17)15-13(12(18)19)3-5-20-6-4-13/h1-2,7,16H,3-6H2,(H,15,17)(H,18,19). The van der Waals surface area contributed by atoms with E-state index in [4.69, 9.17) is 4.74 Å². The van der Waals surface area contributed by atoms with Crippen LogP contribution in [0.5, 0.6) is 5.75 Å². The Morgan fingerprint density at radius 1 is 1.30 bits per heavy atom. The number of ether oxygens (including phenoxy) is 1. The summed E-state index contributed by atoms with van der Waals surface area (Å²) in [4.78, 5) is 23.4. The van der Waals surface area contributed by atoms with Gasteiger partial charge in [-0.15, -0.1) is 0 Å². The Bertz CT molecular complexity index is 540. The summed E-state index contributed by atoms with van der Waals surface area (Å²) in [6, 6.07) is 2.91. The van der Waals surface area contributed by atoms with E-state index in [9.17, 15) is 24.2 Å². The molecule has 20 heavy (non-hydrogen) atoms. The molecule has 0 atom stereocenters. The van der Waals surface area contributed by atoms with Crippen molar-refractivity contribution in [2.45, 2.75) is 18.4 Å². The van der Waals surface area contributed by atoms with Crippen molar-refractivity contribution in [2.75, 3.05) is 13.2 Å². The highest BCUT2D eigenvalue weighted by Crippen LogP contribution is 2.24. The van der Waals surface area contributed by atoms with Crippen LogP contribution in [0.4, 0.5) is 4.39 Å². The second-order valence-electron chi connectivity index (χ2n) is 4.62. The largest absolute Gasteiger partial charge is 0.507 e. The number of halogens is 1. The summed E-state index contributed by atoms with van der Waals surface area (Å²) in [6.45, 7) is 0.420. The summed E-state index contributed by atoms with van der Waals surface area (Å²) in [5, 5.41) is 21.2. The first-order chi connectivity index (χ1) is 9.44. The maximum absolute atomic E-state index is 13.1. The van der Waals surface area contributed by atoms with Crippen molar-refractivity contribution in [3.05, 3.63) is 29.6 Å². The monoisotopic (exact) mass is 283 g/mol. The first kappa shape index (κ1) is 14.3. The molecule has 1 heterocycles. The van der Waals surface area contributed by atoms with Crippen molar-refractivity contribution < 1.29 is 28.9 Å². The van der Waals surface area contributed by atoms with Crippen LogP contribution in [-0.4, -0.2) is 40.8 Å². The van der Waals surface area contributed by atoms with E-state index in [0.717, 1.165) is 18.2 Å². The average molecular weight is 283 g/mol. The summed E-state index contributed by atoms with van der Waals surface area (Å²) in [5.41, 5.74) is -1.74. The molecule has 0 aliphatic carbocycles. The maximum atomic E-state index is 13.1. The van der Waals surface area contributed by atoms with E-state index in [1.807, 2.05) is 0 Å². The predicted molar refractivity (Wildman–Crippen MR) is 66.0 cm³/mol. The fourth-order valence-corrected chi connectivity index (χ4v) is 2.09. The number of carboxylic acid groups (broad SMARTS) is 1. The molecule has 0 bridgehead atoms. The van der Waals surface area contributed by atoms with Gasteiger partial charge in [0.2, 0.25) is 0 Å². The van der Waals surface area contributed by atoms with Crippen LogP contribution in [0, 0.1) is 5.82 Å². The van der Waals surface area contributed by atoms with Crippen LogP contribution in [-0.2, 0) is 9.53 Å². The minimum absolute atomic E-state index is 0.115. The van der Waals surface area contributed by atoms with Gasteiger partial charge in [-0.25, -0.2) is 9.18 Å². The summed E-state index contributed by atoms with van der Waals surface area (Å²) in [6.07, 6.45) is 0.230. The Morgan fingerprint density at radius 2 is 1.95 bits per heavy atom. The molecule has 108 valence electrons. The van der Waals surface area contributed by atoms with Crippen LogP contribution in [0.3, 0.4) is 0 Å². The van der Waals surface area contributed by atoms with Crippen LogP contribution in [0.1, 0.15) is 23.2 Å². The number of benzene rings is 1. The molecular formula is C13H14FNO5. The SMILES string of the molecule is O=C(NC1(C(=O)O)CCOCC1)c1cc(F)ccc1O. The van der Waals surface area contributed by atoms with E-state index in [1.54, 1.807) is 0 Å². The van der Waals surface area contributed by atoms with Gasteiger partial charge in [-0.1, -0.05) is 0 Å². The fraction of sp³-hybridized carbons (Fsp3) is 0.385. The minimum atomic E-state index is -1.45. The summed E-state index contributed by atoms with van der Waals surface area (Å²) in [7, 11) is 0. The van der Waals surface area contributed by atoms with Gasteiger partial charge in [0, 0.05) is 26.1 Å². The predicted octanol–water partition coefficient (Wildman–Crippen LogP) is 0.895.